The number of likely N-dealkylation sites (N-methyl/N-ethyl adjacent to an activating group) is 1. The first-order valence-electron chi connectivity index (χ1n) is 10.9. The minimum Gasteiger partial charge on any atom is -0.340 e. The first-order valence-corrected chi connectivity index (χ1v) is 12.4. The standard InChI is InChI=1S/C25H25FN4O3S/c1-28(17-22-14-19(16-27)6-9-24(22)26)25(31)18-29-10-12-30(13-11-29)34(32,33)23-8-7-20-4-2-3-5-21(20)15-23/h2-9,14-15H,10-13,17-18H2,1H3. The lowest BCUT2D eigenvalue weighted by molar-refractivity contribution is -0.131. The van der Waals surface area contributed by atoms with Gasteiger partial charge in [-0.2, -0.15) is 9.57 Å². The molecule has 1 fully saturated rings. The van der Waals surface area contributed by atoms with Crippen molar-refractivity contribution >= 4 is 26.7 Å². The number of carbonyl (C=O) groups excluding carboxylic acids is 1. The third-order valence-corrected chi connectivity index (χ3v) is 7.95. The molecule has 0 aromatic heterocycles. The Kier molecular flexibility index (Phi) is 6.93. The van der Waals surface area contributed by atoms with Crippen molar-refractivity contribution in [3.8, 4) is 6.07 Å². The Balaban J connectivity index is 1.35. The molecule has 0 atom stereocenters. The van der Waals surface area contributed by atoms with Crippen LogP contribution < -0.4 is 0 Å². The number of amides is 1. The van der Waals surface area contributed by atoms with Crippen LogP contribution in [0.5, 0.6) is 0 Å². The normalized spacial score (nSPS) is 15.2. The van der Waals surface area contributed by atoms with E-state index in [0.29, 0.717) is 18.7 Å². The summed E-state index contributed by atoms with van der Waals surface area (Å²) in [5.41, 5.74) is 0.613. The fraction of sp³-hybridized carbons (Fsp3) is 0.280. The first kappa shape index (κ1) is 23.8. The molecule has 0 saturated carbocycles. The molecule has 1 saturated heterocycles. The number of nitriles is 1. The molecule has 4 rings (SSSR count). The van der Waals surface area contributed by atoms with Gasteiger partial charge in [0.25, 0.3) is 0 Å². The topological polar surface area (TPSA) is 84.7 Å². The quantitative estimate of drug-likeness (QED) is 0.542. The number of carbonyl (C=O) groups is 1. The summed E-state index contributed by atoms with van der Waals surface area (Å²) in [5, 5.41) is 10.9. The van der Waals surface area contributed by atoms with Crippen LogP contribution in [0.2, 0.25) is 0 Å². The summed E-state index contributed by atoms with van der Waals surface area (Å²) in [7, 11) is -2.05. The van der Waals surface area contributed by atoms with Crippen molar-refractivity contribution in [3.63, 3.8) is 0 Å². The number of benzene rings is 3. The molecule has 0 bridgehead atoms. The van der Waals surface area contributed by atoms with E-state index in [-0.39, 0.29) is 42.5 Å². The lowest BCUT2D eigenvalue weighted by Crippen LogP contribution is -2.51. The van der Waals surface area contributed by atoms with Gasteiger partial charge in [0.1, 0.15) is 5.82 Å². The lowest BCUT2D eigenvalue weighted by atomic mass is 10.1. The Hall–Kier alpha value is -3.32. The Bertz CT molecular complexity index is 1360. The maximum atomic E-state index is 14.0. The van der Waals surface area contributed by atoms with E-state index in [9.17, 15) is 17.6 Å². The minimum absolute atomic E-state index is 0.0521. The van der Waals surface area contributed by atoms with Crippen molar-refractivity contribution in [2.75, 3.05) is 39.8 Å². The number of nitrogens with zero attached hydrogens (tertiary/aromatic N) is 4. The van der Waals surface area contributed by atoms with Crippen LogP contribution in [0, 0.1) is 17.1 Å². The number of hydrogen-bond donors (Lipinski definition) is 0. The predicted molar refractivity (Wildman–Crippen MR) is 127 cm³/mol. The Morgan fingerprint density at radius 2 is 1.74 bits per heavy atom. The zero-order chi connectivity index (χ0) is 24.3. The molecule has 1 aliphatic rings. The summed E-state index contributed by atoms with van der Waals surface area (Å²) < 4.78 is 41.8. The molecule has 9 heteroatoms. The van der Waals surface area contributed by atoms with E-state index < -0.39 is 15.8 Å². The number of halogens is 1. The van der Waals surface area contributed by atoms with Crippen LogP contribution in [0.25, 0.3) is 10.8 Å². The van der Waals surface area contributed by atoms with E-state index in [0.717, 1.165) is 10.8 Å². The Labute approximate surface area is 198 Å². The second kappa shape index (κ2) is 9.89. The second-order valence-corrected chi connectivity index (χ2v) is 10.3. The molecule has 7 nitrogen and oxygen atoms in total. The van der Waals surface area contributed by atoms with E-state index in [4.69, 9.17) is 5.26 Å². The average molecular weight is 481 g/mol. The summed E-state index contributed by atoms with van der Waals surface area (Å²) in [6.45, 7) is 1.57. The molecule has 1 aliphatic heterocycles. The summed E-state index contributed by atoms with van der Waals surface area (Å²) in [5.74, 6) is -0.668. The summed E-state index contributed by atoms with van der Waals surface area (Å²) in [4.78, 5) is 16.2. The average Bonchev–Trinajstić information content (AvgIpc) is 2.85. The Morgan fingerprint density at radius 1 is 1.03 bits per heavy atom. The SMILES string of the molecule is CN(Cc1cc(C#N)ccc1F)C(=O)CN1CCN(S(=O)(=O)c2ccc3ccccc3c2)CC1. The van der Waals surface area contributed by atoms with Crippen molar-refractivity contribution in [1.29, 1.82) is 5.26 Å². The summed E-state index contributed by atoms with van der Waals surface area (Å²) in [6, 6.07) is 18.8. The molecule has 176 valence electrons. The Morgan fingerprint density at radius 3 is 2.44 bits per heavy atom. The number of hydrogen-bond acceptors (Lipinski definition) is 5. The summed E-state index contributed by atoms with van der Waals surface area (Å²) >= 11 is 0. The molecular weight excluding hydrogens is 455 g/mol. The minimum atomic E-state index is -3.63. The third-order valence-electron chi connectivity index (χ3n) is 6.06. The van der Waals surface area contributed by atoms with E-state index in [1.807, 2.05) is 41.3 Å². The highest BCUT2D eigenvalue weighted by Gasteiger charge is 2.29. The van der Waals surface area contributed by atoms with Crippen molar-refractivity contribution < 1.29 is 17.6 Å². The van der Waals surface area contributed by atoms with Gasteiger partial charge in [-0.15, -0.1) is 0 Å². The van der Waals surface area contributed by atoms with Crippen molar-refractivity contribution in [2.45, 2.75) is 11.4 Å². The number of fused-ring (bicyclic) bond motifs is 1. The zero-order valence-electron chi connectivity index (χ0n) is 18.8. The van der Waals surface area contributed by atoms with Gasteiger partial charge in [-0.1, -0.05) is 30.3 Å². The van der Waals surface area contributed by atoms with Gasteiger partial charge in [0, 0.05) is 45.3 Å². The van der Waals surface area contributed by atoms with Crippen LogP contribution in [-0.4, -0.2) is 68.2 Å². The van der Waals surface area contributed by atoms with Gasteiger partial charge in [-0.05, 0) is 41.1 Å². The van der Waals surface area contributed by atoms with E-state index in [1.54, 1.807) is 19.2 Å². The smallest absolute Gasteiger partial charge is 0.243 e. The zero-order valence-corrected chi connectivity index (χ0v) is 19.6. The van der Waals surface area contributed by atoms with Crippen LogP contribution in [0.15, 0.2) is 65.6 Å². The molecule has 0 spiro atoms. The molecule has 3 aromatic carbocycles. The molecule has 1 amide bonds. The molecule has 0 radical (unpaired) electrons. The highest BCUT2D eigenvalue weighted by atomic mass is 32.2. The molecule has 34 heavy (non-hydrogen) atoms. The number of piperazine rings is 1. The van der Waals surface area contributed by atoms with Crippen LogP contribution in [0.4, 0.5) is 4.39 Å². The fourth-order valence-corrected chi connectivity index (χ4v) is 5.48. The molecule has 3 aromatic rings. The second-order valence-electron chi connectivity index (χ2n) is 8.36. The maximum Gasteiger partial charge on any atom is 0.243 e. The molecule has 0 N–H and O–H groups in total. The van der Waals surface area contributed by atoms with Crippen LogP contribution in [0.3, 0.4) is 0 Å². The van der Waals surface area contributed by atoms with Gasteiger partial charge in [0.2, 0.25) is 15.9 Å². The van der Waals surface area contributed by atoms with Crippen molar-refractivity contribution in [2.24, 2.45) is 0 Å². The third kappa shape index (κ3) is 5.09. The summed E-state index contributed by atoms with van der Waals surface area (Å²) in [6.07, 6.45) is 0. The number of sulfonamides is 1. The molecule has 0 aliphatic carbocycles. The van der Waals surface area contributed by atoms with Gasteiger partial charge >= 0.3 is 0 Å². The van der Waals surface area contributed by atoms with Crippen LogP contribution in [-0.2, 0) is 21.4 Å². The highest BCUT2D eigenvalue weighted by molar-refractivity contribution is 7.89. The highest BCUT2D eigenvalue weighted by Crippen LogP contribution is 2.23. The van der Waals surface area contributed by atoms with Gasteiger partial charge in [0.05, 0.1) is 23.1 Å². The van der Waals surface area contributed by atoms with E-state index in [2.05, 4.69) is 0 Å². The molecular formula is C25H25FN4O3S. The molecule has 0 unspecified atom stereocenters. The van der Waals surface area contributed by atoms with Gasteiger partial charge in [-0.3, -0.25) is 9.69 Å². The number of rotatable bonds is 6. The fourth-order valence-electron chi connectivity index (χ4n) is 4.03. The van der Waals surface area contributed by atoms with Gasteiger partial charge in [-0.25, -0.2) is 12.8 Å². The van der Waals surface area contributed by atoms with Crippen LogP contribution in [0.1, 0.15) is 11.1 Å². The van der Waals surface area contributed by atoms with Crippen molar-refractivity contribution in [3.05, 3.63) is 77.6 Å². The first-order chi connectivity index (χ1) is 16.3. The van der Waals surface area contributed by atoms with Crippen LogP contribution >= 0.6 is 0 Å². The van der Waals surface area contributed by atoms with Gasteiger partial charge < -0.3 is 4.90 Å². The molecule has 1 heterocycles. The van der Waals surface area contributed by atoms with E-state index in [1.165, 1.54) is 27.4 Å². The monoisotopic (exact) mass is 480 g/mol. The van der Waals surface area contributed by atoms with E-state index >= 15 is 0 Å². The maximum absolute atomic E-state index is 14.0. The predicted octanol–water partition coefficient (Wildman–Crippen LogP) is 2.82. The lowest BCUT2D eigenvalue weighted by Gasteiger charge is -2.34. The largest absolute Gasteiger partial charge is 0.340 e. The van der Waals surface area contributed by atoms with Gasteiger partial charge in [0.15, 0.2) is 0 Å². The van der Waals surface area contributed by atoms with Crippen molar-refractivity contribution in [1.82, 2.24) is 14.1 Å².